The van der Waals surface area contributed by atoms with E-state index in [1.165, 1.54) is 5.56 Å². The van der Waals surface area contributed by atoms with Gasteiger partial charge in [-0.15, -0.1) is 0 Å². The van der Waals surface area contributed by atoms with Crippen LogP contribution in [0.1, 0.15) is 51.2 Å². The first kappa shape index (κ1) is 26.7. The van der Waals surface area contributed by atoms with Gasteiger partial charge in [-0.25, -0.2) is 4.79 Å². The monoisotopic (exact) mass is 522 g/mol. The molecular formula is C34H38N2O3. The smallest absolute Gasteiger partial charge is 0.410 e. The number of rotatable bonds is 7. The Labute approximate surface area is 232 Å². The van der Waals surface area contributed by atoms with E-state index in [9.17, 15) is 9.59 Å². The van der Waals surface area contributed by atoms with Crippen LogP contribution >= 0.6 is 0 Å². The molecule has 5 heteroatoms. The normalized spacial score (nSPS) is 15.7. The second-order valence-corrected chi connectivity index (χ2v) is 11.5. The van der Waals surface area contributed by atoms with Gasteiger partial charge in [0, 0.05) is 24.7 Å². The van der Waals surface area contributed by atoms with E-state index >= 15 is 0 Å². The van der Waals surface area contributed by atoms with Gasteiger partial charge in [0.15, 0.2) is 0 Å². The molecule has 0 atom stereocenters. The van der Waals surface area contributed by atoms with Crippen molar-refractivity contribution in [2.45, 2.75) is 58.1 Å². The van der Waals surface area contributed by atoms with Crippen LogP contribution in [0.25, 0.3) is 16.7 Å². The zero-order valence-corrected chi connectivity index (χ0v) is 23.2. The molecule has 1 saturated carbocycles. The molecule has 5 rings (SSSR count). The summed E-state index contributed by atoms with van der Waals surface area (Å²) in [6.45, 7) is 7.05. The molecular weight excluding hydrogens is 484 g/mol. The van der Waals surface area contributed by atoms with Crippen LogP contribution in [-0.2, 0) is 16.0 Å². The highest BCUT2D eigenvalue weighted by Gasteiger charge is 2.37. The molecule has 1 heterocycles. The van der Waals surface area contributed by atoms with E-state index in [-0.39, 0.29) is 24.6 Å². The number of ether oxygens (including phenoxy) is 1. The molecule has 1 fully saturated rings. The van der Waals surface area contributed by atoms with Crippen LogP contribution in [0.15, 0.2) is 90.5 Å². The fourth-order valence-electron chi connectivity index (χ4n) is 5.18. The van der Waals surface area contributed by atoms with E-state index in [1.54, 1.807) is 4.90 Å². The summed E-state index contributed by atoms with van der Waals surface area (Å²) in [4.78, 5) is 31.1. The van der Waals surface area contributed by atoms with Crippen LogP contribution in [0.5, 0.6) is 0 Å². The molecule has 1 aliphatic carbocycles. The maximum absolute atomic E-state index is 14.3. The molecule has 2 aliphatic rings. The van der Waals surface area contributed by atoms with Crippen LogP contribution < -0.4 is 0 Å². The minimum atomic E-state index is -0.592. The predicted octanol–water partition coefficient (Wildman–Crippen LogP) is 6.98. The average Bonchev–Trinajstić information content (AvgIpc) is 3.78. The molecule has 0 N–H and O–H groups in total. The first-order valence-corrected chi connectivity index (χ1v) is 14.0. The Morgan fingerprint density at radius 1 is 0.872 bits per heavy atom. The number of hydrogen-bond donors (Lipinski definition) is 0. The molecule has 202 valence electrons. The fraction of sp³-hybridized carbons (Fsp3) is 0.353. The molecule has 3 aromatic carbocycles. The topological polar surface area (TPSA) is 49.9 Å². The minimum absolute atomic E-state index is 0.0433. The van der Waals surface area contributed by atoms with Crippen LogP contribution in [-0.4, -0.2) is 53.1 Å². The highest BCUT2D eigenvalue weighted by Crippen LogP contribution is 2.35. The Bertz CT molecular complexity index is 1340. The van der Waals surface area contributed by atoms with Crippen molar-refractivity contribution in [3.63, 3.8) is 0 Å². The van der Waals surface area contributed by atoms with Crippen molar-refractivity contribution in [1.82, 2.24) is 9.80 Å². The van der Waals surface area contributed by atoms with Crippen molar-refractivity contribution >= 4 is 17.6 Å². The zero-order chi connectivity index (χ0) is 27.4. The largest absolute Gasteiger partial charge is 0.444 e. The number of amides is 2. The standard InChI is InChI=1S/C34H38N2O3/c1-34(2,3)39-33(38)35-21-20-30(28-16-10-15-27(23-28)26-13-8-5-9-14-26)31(24-35)32(37)36(29-17-18-29)22-19-25-11-6-4-7-12-25/h4-16,23,29H,17-22,24H2,1-3H3. The van der Waals surface area contributed by atoms with Crippen LogP contribution in [0.2, 0.25) is 0 Å². The zero-order valence-electron chi connectivity index (χ0n) is 23.2. The first-order valence-electron chi connectivity index (χ1n) is 14.0. The molecule has 5 nitrogen and oxygen atoms in total. The molecule has 3 aromatic rings. The molecule has 0 spiro atoms. The molecule has 39 heavy (non-hydrogen) atoms. The molecule has 0 unspecified atom stereocenters. The Kier molecular flexibility index (Phi) is 7.87. The number of hydrogen-bond acceptors (Lipinski definition) is 3. The van der Waals surface area contributed by atoms with Crippen molar-refractivity contribution in [2.24, 2.45) is 0 Å². The third-order valence-corrected chi connectivity index (χ3v) is 7.31. The molecule has 0 saturated heterocycles. The van der Waals surface area contributed by atoms with Crippen molar-refractivity contribution in [1.29, 1.82) is 0 Å². The fourth-order valence-corrected chi connectivity index (χ4v) is 5.18. The lowest BCUT2D eigenvalue weighted by molar-refractivity contribution is -0.128. The van der Waals surface area contributed by atoms with Gasteiger partial charge in [-0.3, -0.25) is 4.79 Å². The maximum Gasteiger partial charge on any atom is 0.410 e. The summed E-state index contributed by atoms with van der Waals surface area (Å²) in [7, 11) is 0. The Morgan fingerprint density at radius 3 is 2.18 bits per heavy atom. The molecule has 0 bridgehead atoms. The van der Waals surface area contributed by atoms with E-state index in [0.29, 0.717) is 25.1 Å². The lowest BCUT2D eigenvalue weighted by atomic mass is 9.90. The lowest BCUT2D eigenvalue weighted by Gasteiger charge is -2.34. The quantitative estimate of drug-likeness (QED) is 0.336. The average molecular weight is 523 g/mol. The van der Waals surface area contributed by atoms with Crippen molar-refractivity contribution in [3.05, 3.63) is 102 Å². The summed E-state index contributed by atoms with van der Waals surface area (Å²) in [6, 6.07) is 29.3. The second kappa shape index (κ2) is 11.5. The van der Waals surface area contributed by atoms with E-state index in [0.717, 1.165) is 41.5 Å². The minimum Gasteiger partial charge on any atom is -0.444 e. The summed E-state index contributed by atoms with van der Waals surface area (Å²) < 4.78 is 5.69. The summed E-state index contributed by atoms with van der Waals surface area (Å²) in [6.07, 6.45) is 3.11. The Balaban J connectivity index is 1.48. The Morgan fingerprint density at radius 2 is 1.51 bits per heavy atom. The van der Waals surface area contributed by atoms with E-state index < -0.39 is 5.60 Å². The Hall–Kier alpha value is -3.86. The molecule has 2 amide bonds. The van der Waals surface area contributed by atoms with Gasteiger partial charge < -0.3 is 14.5 Å². The van der Waals surface area contributed by atoms with Gasteiger partial charge in [0.05, 0.1) is 6.54 Å². The molecule has 0 aromatic heterocycles. The van der Waals surface area contributed by atoms with Gasteiger partial charge in [-0.2, -0.15) is 0 Å². The highest BCUT2D eigenvalue weighted by atomic mass is 16.6. The van der Waals surface area contributed by atoms with Gasteiger partial charge in [-0.05, 0) is 80.3 Å². The molecule has 0 radical (unpaired) electrons. The third-order valence-electron chi connectivity index (χ3n) is 7.31. The number of benzene rings is 3. The van der Waals surface area contributed by atoms with Crippen LogP contribution in [0.4, 0.5) is 4.79 Å². The van der Waals surface area contributed by atoms with E-state index in [4.69, 9.17) is 4.74 Å². The van der Waals surface area contributed by atoms with E-state index in [2.05, 4.69) is 48.5 Å². The van der Waals surface area contributed by atoms with E-state index in [1.807, 2.05) is 62.1 Å². The predicted molar refractivity (Wildman–Crippen MR) is 156 cm³/mol. The van der Waals surface area contributed by atoms with Gasteiger partial charge in [0.1, 0.15) is 5.60 Å². The third kappa shape index (κ3) is 6.78. The summed E-state index contributed by atoms with van der Waals surface area (Å²) in [5.74, 6) is 0.0433. The van der Waals surface area contributed by atoms with Gasteiger partial charge >= 0.3 is 6.09 Å². The maximum atomic E-state index is 14.3. The van der Waals surface area contributed by atoms with Crippen LogP contribution in [0.3, 0.4) is 0 Å². The molecule has 1 aliphatic heterocycles. The number of carbonyl (C=O) groups excluding carboxylic acids is 2. The summed E-state index contributed by atoms with van der Waals surface area (Å²) >= 11 is 0. The van der Waals surface area contributed by atoms with Crippen molar-refractivity contribution < 1.29 is 14.3 Å². The highest BCUT2D eigenvalue weighted by molar-refractivity contribution is 6.03. The lowest BCUT2D eigenvalue weighted by Crippen LogP contribution is -2.45. The van der Waals surface area contributed by atoms with Crippen LogP contribution in [0, 0.1) is 0 Å². The summed E-state index contributed by atoms with van der Waals surface area (Å²) in [5, 5.41) is 0. The number of carbonyl (C=O) groups is 2. The van der Waals surface area contributed by atoms with Crippen molar-refractivity contribution in [2.75, 3.05) is 19.6 Å². The first-order chi connectivity index (χ1) is 18.8. The van der Waals surface area contributed by atoms with Crippen molar-refractivity contribution in [3.8, 4) is 11.1 Å². The van der Waals surface area contributed by atoms with Gasteiger partial charge in [-0.1, -0.05) is 78.9 Å². The van der Waals surface area contributed by atoms with Gasteiger partial charge in [0.25, 0.3) is 5.91 Å². The van der Waals surface area contributed by atoms with Gasteiger partial charge in [0.2, 0.25) is 0 Å². The SMILES string of the molecule is CC(C)(C)OC(=O)N1CCC(c2cccc(-c3ccccc3)c2)=C(C(=O)N(CCc2ccccc2)C2CC2)C1. The second-order valence-electron chi connectivity index (χ2n) is 11.5. The number of nitrogens with zero attached hydrogens (tertiary/aromatic N) is 2. The summed E-state index contributed by atoms with van der Waals surface area (Å²) in [5.41, 5.74) is 5.67.